The number of benzene rings is 1. The van der Waals surface area contributed by atoms with Gasteiger partial charge in [0.25, 0.3) is 17.2 Å². The first kappa shape index (κ1) is 16.9. The molecule has 0 spiro atoms. The van der Waals surface area contributed by atoms with E-state index < -0.39 is 28.8 Å². The molecule has 0 atom stereocenters. The van der Waals surface area contributed by atoms with Crippen LogP contribution in [0.25, 0.3) is 0 Å². The third-order valence-electron chi connectivity index (χ3n) is 3.24. The maximum absolute atomic E-state index is 12.1. The Morgan fingerprint density at radius 1 is 1.33 bits per heavy atom. The lowest BCUT2D eigenvalue weighted by Gasteiger charge is -2.10. The number of nitrogens with two attached hydrogens (primary N) is 1. The van der Waals surface area contributed by atoms with Crippen LogP contribution >= 0.6 is 0 Å². The number of carbonyl (C=O) groups excluding carboxylic acids is 2. The summed E-state index contributed by atoms with van der Waals surface area (Å²) < 4.78 is 0.940. The maximum Gasteiger partial charge on any atom is 0.286 e. The molecule has 0 aliphatic heterocycles. The molecule has 0 aliphatic rings. The van der Waals surface area contributed by atoms with Crippen molar-refractivity contribution in [1.29, 1.82) is 0 Å². The maximum atomic E-state index is 12.1. The Morgan fingerprint density at radius 3 is 2.62 bits per heavy atom. The van der Waals surface area contributed by atoms with Crippen LogP contribution in [0.2, 0.25) is 0 Å². The van der Waals surface area contributed by atoms with Gasteiger partial charge in [0.05, 0.1) is 22.4 Å². The van der Waals surface area contributed by atoms with Gasteiger partial charge in [-0.05, 0) is 19.1 Å². The molecule has 9 nitrogen and oxygen atoms in total. The van der Waals surface area contributed by atoms with Crippen molar-refractivity contribution >= 4 is 23.2 Å². The normalized spacial score (nSPS) is 10.2. The van der Waals surface area contributed by atoms with E-state index in [1.54, 1.807) is 12.1 Å². The molecule has 2 amide bonds. The van der Waals surface area contributed by atoms with Gasteiger partial charge in [-0.15, -0.1) is 0 Å². The Labute approximate surface area is 135 Å². The topological polar surface area (TPSA) is 137 Å². The van der Waals surface area contributed by atoms with Crippen molar-refractivity contribution in [2.24, 2.45) is 5.73 Å². The fourth-order valence-electron chi connectivity index (χ4n) is 2.13. The quantitative estimate of drug-likeness (QED) is 0.617. The first-order valence-corrected chi connectivity index (χ1v) is 6.83. The van der Waals surface area contributed by atoms with E-state index in [9.17, 15) is 24.5 Å². The number of para-hydroxylation sites is 1. The number of pyridine rings is 1. The van der Waals surface area contributed by atoms with Crippen molar-refractivity contribution in [2.75, 3.05) is 5.32 Å². The van der Waals surface area contributed by atoms with Crippen LogP contribution in [0, 0.1) is 17.0 Å². The Hall–Kier alpha value is -3.49. The van der Waals surface area contributed by atoms with E-state index in [1.807, 2.05) is 0 Å². The molecule has 9 heteroatoms. The van der Waals surface area contributed by atoms with E-state index >= 15 is 0 Å². The third-order valence-corrected chi connectivity index (χ3v) is 3.24. The second kappa shape index (κ2) is 6.73. The summed E-state index contributed by atoms with van der Waals surface area (Å²) in [7, 11) is 0. The molecule has 0 aliphatic carbocycles. The van der Waals surface area contributed by atoms with E-state index in [0.717, 1.165) is 16.8 Å². The van der Waals surface area contributed by atoms with E-state index in [2.05, 4.69) is 5.32 Å². The largest absolute Gasteiger partial charge is 0.366 e. The van der Waals surface area contributed by atoms with Crippen LogP contribution in [0.4, 0.5) is 11.4 Å². The highest BCUT2D eigenvalue weighted by atomic mass is 16.6. The van der Waals surface area contributed by atoms with Crippen LogP contribution in [0.5, 0.6) is 0 Å². The Balaban J connectivity index is 2.27. The van der Waals surface area contributed by atoms with Crippen LogP contribution in [0.15, 0.2) is 41.3 Å². The molecule has 0 radical (unpaired) electrons. The zero-order valence-electron chi connectivity index (χ0n) is 12.7. The lowest BCUT2D eigenvalue weighted by Crippen LogP contribution is -2.29. The minimum absolute atomic E-state index is 0.119. The average Bonchev–Trinajstić information content (AvgIpc) is 2.51. The molecule has 3 N–H and O–H groups in total. The summed E-state index contributed by atoms with van der Waals surface area (Å²) in [6, 6.07) is 7.26. The first-order chi connectivity index (χ1) is 11.3. The standard InChI is InChI=1S/C15H14N4O5/c1-9-6-10(19(23)24)7-18(15(9)22)8-13(20)17-12-5-3-2-4-11(12)14(16)21/h2-7H,8H2,1H3,(H2,16,21)(H,17,20). The summed E-state index contributed by atoms with van der Waals surface area (Å²) in [6.07, 6.45) is 0.995. The van der Waals surface area contributed by atoms with Gasteiger partial charge in [0.1, 0.15) is 6.54 Å². The fraction of sp³-hybridized carbons (Fsp3) is 0.133. The number of hydrogen-bond donors (Lipinski definition) is 2. The predicted octanol–water partition coefficient (Wildman–Crippen LogP) is 0.803. The highest BCUT2D eigenvalue weighted by Crippen LogP contribution is 2.14. The number of carbonyl (C=O) groups is 2. The molecular weight excluding hydrogens is 316 g/mol. The molecule has 1 heterocycles. The zero-order chi connectivity index (χ0) is 17.9. The van der Waals surface area contributed by atoms with Crippen LogP contribution in [0.1, 0.15) is 15.9 Å². The van der Waals surface area contributed by atoms with Gasteiger partial charge in [-0.3, -0.25) is 29.1 Å². The highest BCUT2D eigenvalue weighted by Gasteiger charge is 2.15. The number of aryl methyl sites for hydroxylation is 1. The number of primary amides is 1. The number of nitro groups is 1. The molecule has 124 valence electrons. The van der Waals surface area contributed by atoms with Gasteiger partial charge < -0.3 is 11.1 Å². The minimum atomic E-state index is -0.714. The number of nitrogens with zero attached hydrogens (tertiary/aromatic N) is 2. The van der Waals surface area contributed by atoms with Gasteiger partial charge in [-0.2, -0.15) is 0 Å². The molecule has 24 heavy (non-hydrogen) atoms. The average molecular weight is 330 g/mol. The summed E-state index contributed by atoms with van der Waals surface area (Å²) >= 11 is 0. The van der Waals surface area contributed by atoms with Gasteiger partial charge in [-0.1, -0.05) is 12.1 Å². The number of hydrogen-bond acceptors (Lipinski definition) is 5. The van der Waals surface area contributed by atoms with E-state index in [0.29, 0.717) is 0 Å². The van der Waals surface area contributed by atoms with E-state index in [1.165, 1.54) is 19.1 Å². The van der Waals surface area contributed by atoms with E-state index in [4.69, 9.17) is 5.73 Å². The smallest absolute Gasteiger partial charge is 0.286 e. The summed E-state index contributed by atoms with van der Waals surface area (Å²) in [5.74, 6) is -1.33. The third kappa shape index (κ3) is 3.64. The van der Waals surface area contributed by atoms with Crippen molar-refractivity contribution in [2.45, 2.75) is 13.5 Å². The second-order valence-corrected chi connectivity index (χ2v) is 5.03. The van der Waals surface area contributed by atoms with Gasteiger partial charge in [-0.25, -0.2) is 0 Å². The molecule has 2 rings (SSSR count). The Bertz CT molecular complexity index is 888. The molecule has 0 saturated heterocycles. The molecule has 1 aromatic heterocycles. The Morgan fingerprint density at radius 2 is 2.00 bits per heavy atom. The number of rotatable bonds is 5. The lowest BCUT2D eigenvalue weighted by molar-refractivity contribution is -0.385. The summed E-state index contributed by atoms with van der Waals surface area (Å²) in [5.41, 5.74) is 4.88. The lowest BCUT2D eigenvalue weighted by atomic mass is 10.1. The van der Waals surface area contributed by atoms with Gasteiger partial charge >= 0.3 is 0 Å². The van der Waals surface area contributed by atoms with Crippen molar-refractivity contribution in [3.63, 3.8) is 0 Å². The number of amides is 2. The van der Waals surface area contributed by atoms with Crippen LogP contribution < -0.4 is 16.6 Å². The zero-order valence-corrected chi connectivity index (χ0v) is 12.7. The molecule has 0 saturated carbocycles. The van der Waals surface area contributed by atoms with Crippen molar-refractivity contribution in [3.8, 4) is 0 Å². The number of anilines is 1. The fourth-order valence-corrected chi connectivity index (χ4v) is 2.13. The highest BCUT2D eigenvalue weighted by molar-refractivity contribution is 6.02. The van der Waals surface area contributed by atoms with Crippen LogP contribution in [-0.2, 0) is 11.3 Å². The monoisotopic (exact) mass is 330 g/mol. The van der Waals surface area contributed by atoms with Gasteiger partial charge in [0.2, 0.25) is 5.91 Å². The SMILES string of the molecule is Cc1cc([N+](=O)[O-])cn(CC(=O)Nc2ccccc2C(N)=O)c1=O. The van der Waals surface area contributed by atoms with Crippen LogP contribution in [-0.4, -0.2) is 21.3 Å². The second-order valence-electron chi connectivity index (χ2n) is 5.03. The van der Waals surface area contributed by atoms with Crippen molar-refractivity contribution in [1.82, 2.24) is 4.57 Å². The van der Waals surface area contributed by atoms with Crippen molar-refractivity contribution < 1.29 is 14.5 Å². The first-order valence-electron chi connectivity index (χ1n) is 6.83. The molecule has 0 bridgehead atoms. The number of nitrogens with one attached hydrogen (secondary N) is 1. The van der Waals surface area contributed by atoms with Gasteiger partial charge in [0.15, 0.2) is 0 Å². The minimum Gasteiger partial charge on any atom is -0.366 e. The van der Waals surface area contributed by atoms with Crippen LogP contribution in [0.3, 0.4) is 0 Å². The van der Waals surface area contributed by atoms with E-state index in [-0.39, 0.29) is 22.5 Å². The molecule has 0 fully saturated rings. The van der Waals surface area contributed by atoms with Gasteiger partial charge in [0, 0.05) is 11.6 Å². The molecule has 2 aromatic rings. The predicted molar refractivity (Wildman–Crippen MR) is 85.7 cm³/mol. The van der Waals surface area contributed by atoms with Crippen molar-refractivity contribution in [3.05, 3.63) is 68.1 Å². The Kier molecular flexibility index (Phi) is 4.73. The molecular formula is C15H14N4O5. The summed E-state index contributed by atoms with van der Waals surface area (Å²) in [6.45, 7) is 0.987. The summed E-state index contributed by atoms with van der Waals surface area (Å²) in [4.78, 5) is 45.6. The molecule has 1 aromatic carbocycles. The summed E-state index contributed by atoms with van der Waals surface area (Å²) in [5, 5.41) is 13.3. The number of aromatic nitrogens is 1. The molecule has 0 unspecified atom stereocenters.